The molecule has 0 bridgehead atoms. The minimum atomic E-state index is -1.07. The van der Waals surface area contributed by atoms with E-state index >= 15 is 0 Å². The van der Waals surface area contributed by atoms with Crippen LogP contribution in [0.4, 0.5) is 9.18 Å². The Labute approximate surface area is 201 Å². The van der Waals surface area contributed by atoms with E-state index < -0.39 is 23.5 Å². The Kier molecular flexibility index (Phi) is 6.47. The number of hydrogen-bond donors (Lipinski definition) is 1. The second kappa shape index (κ2) is 9.36. The highest BCUT2D eigenvalue weighted by molar-refractivity contribution is 5.89. The third-order valence-electron chi connectivity index (χ3n) is 5.61. The van der Waals surface area contributed by atoms with Crippen LogP contribution in [-0.2, 0) is 17.8 Å². The number of pyridine rings is 1. The van der Waals surface area contributed by atoms with Crippen LogP contribution in [0.25, 0.3) is 0 Å². The van der Waals surface area contributed by atoms with Crippen LogP contribution in [0.2, 0.25) is 0 Å². The number of ether oxygens (including phenoxy) is 1. The molecule has 2 aromatic heterocycles. The summed E-state index contributed by atoms with van der Waals surface area (Å²) < 4.78 is 21.6. The van der Waals surface area contributed by atoms with E-state index in [1.165, 1.54) is 27.9 Å². The number of aromatic carboxylic acids is 1. The van der Waals surface area contributed by atoms with Gasteiger partial charge in [-0.1, -0.05) is 24.3 Å². The lowest BCUT2D eigenvalue weighted by molar-refractivity contribution is 0.00778. The SMILES string of the molecule is CC(C)(C)OC(=O)N1CC(c2nn(Cc3ccc(Cn4cc(F)ccc4=O)cc3)cc2C(=O)O)C1. The van der Waals surface area contributed by atoms with Crippen molar-refractivity contribution in [2.45, 2.75) is 45.4 Å². The summed E-state index contributed by atoms with van der Waals surface area (Å²) in [4.78, 5) is 37.4. The molecule has 1 amide bonds. The molecule has 3 heterocycles. The summed E-state index contributed by atoms with van der Waals surface area (Å²) >= 11 is 0. The third-order valence-corrected chi connectivity index (χ3v) is 5.61. The zero-order valence-electron chi connectivity index (χ0n) is 19.8. The van der Waals surface area contributed by atoms with E-state index in [1.54, 1.807) is 25.5 Å². The maximum atomic E-state index is 13.4. The van der Waals surface area contributed by atoms with Crippen molar-refractivity contribution in [2.75, 3.05) is 13.1 Å². The van der Waals surface area contributed by atoms with Gasteiger partial charge >= 0.3 is 12.1 Å². The molecule has 1 fully saturated rings. The number of carbonyl (C=O) groups is 2. The van der Waals surface area contributed by atoms with Crippen molar-refractivity contribution in [1.29, 1.82) is 0 Å². The van der Waals surface area contributed by atoms with Crippen molar-refractivity contribution >= 4 is 12.1 Å². The van der Waals surface area contributed by atoms with Crippen molar-refractivity contribution in [2.24, 2.45) is 0 Å². The maximum absolute atomic E-state index is 13.4. The van der Waals surface area contributed by atoms with E-state index in [4.69, 9.17) is 4.74 Å². The number of carbonyl (C=O) groups excluding carboxylic acids is 1. The van der Waals surface area contributed by atoms with Crippen molar-refractivity contribution in [3.63, 3.8) is 0 Å². The lowest BCUT2D eigenvalue weighted by atomic mass is 9.94. The van der Waals surface area contributed by atoms with Crippen molar-refractivity contribution in [3.05, 3.63) is 87.3 Å². The van der Waals surface area contributed by atoms with Gasteiger partial charge in [0, 0.05) is 37.5 Å². The van der Waals surface area contributed by atoms with E-state index in [9.17, 15) is 23.9 Å². The zero-order chi connectivity index (χ0) is 25.3. The zero-order valence-corrected chi connectivity index (χ0v) is 19.8. The van der Waals surface area contributed by atoms with Crippen molar-refractivity contribution < 1.29 is 23.8 Å². The number of hydrogen-bond acceptors (Lipinski definition) is 5. The molecular weight excluding hydrogens is 455 g/mol. The molecule has 4 rings (SSSR count). The van der Waals surface area contributed by atoms with Gasteiger partial charge in [0.1, 0.15) is 17.0 Å². The van der Waals surface area contributed by atoms with Gasteiger partial charge in [0.2, 0.25) is 0 Å². The van der Waals surface area contributed by atoms with Gasteiger partial charge in [-0.15, -0.1) is 0 Å². The number of halogens is 1. The lowest BCUT2D eigenvalue weighted by Crippen LogP contribution is -2.50. The van der Waals surface area contributed by atoms with Gasteiger partial charge in [-0.05, 0) is 38.0 Å². The predicted octanol–water partition coefficient (Wildman–Crippen LogP) is 3.31. The van der Waals surface area contributed by atoms with Crippen LogP contribution in [-0.4, -0.2) is 55.1 Å². The summed E-state index contributed by atoms with van der Waals surface area (Å²) in [5.74, 6) is -1.73. The third kappa shape index (κ3) is 5.76. The van der Waals surface area contributed by atoms with E-state index in [-0.39, 0.29) is 23.6 Å². The van der Waals surface area contributed by atoms with Gasteiger partial charge < -0.3 is 19.3 Å². The van der Waals surface area contributed by atoms with Gasteiger partial charge in [0.05, 0.1) is 18.8 Å². The summed E-state index contributed by atoms with van der Waals surface area (Å²) in [7, 11) is 0. The summed E-state index contributed by atoms with van der Waals surface area (Å²) in [6.45, 7) is 6.66. The number of nitrogens with zero attached hydrogens (tertiary/aromatic N) is 4. The molecule has 184 valence electrons. The Morgan fingerprint density at radius 1 is 1.06 bits per heavy atom. The number of amides is 1. The summed E-state index contributed by atoms with van der Waals surface area (Å²) in [6, 6.07) is 9.70. The van der Waals surface area contributed by atoms with E-state index in [1.807, 2.05) is 24.3 Å². The highest BCUT2D eigenvalue weighted by Crippen LogP contribution is 2.30. The van der Waals surface area contributed by atoms with Crippen LogP contribution in [0.15, 0.2) is 53.6 Å². The van der Waals surface area contributed by atoms with Gasteiger partial charge in [-0.3, -0.25) is 9.48 Å². The molecule has 10 heteroatoms. The number of benzene rings is 1. The molecule has 0 saturated carbocycles. The molecule has 3 aromatic rings. The molecular formula is C25H27FN4O5. The molecule has 1 saturated heterocycles. The molecule has 1 aromatic carbocycles. The molecule has 1 N–H and O–H groups in total. The van der Waals surface area contributed by atoms with Crippen molar-refractivity contribution in [1.82, 2.24) is 19.2 Å². The molecule has 1 aliphatic heterocycles. The molecule has 9 nitrogen and oxygen atoms in total. The van der Waals surface area contributed by atoms with Crippen LogP contribution >= 0.6 is 0 Å². The van der Waals surface area contributed by atoms with Gasteiger partial charge in [-0.2, -0.15) is 5.10 Å². The number of carboxylic acid groups (broad SMARTS) is 1. The van der Waals surface area contributed by atoms with Crippen LogP contribution in [0, 0.1) is 5.82 Å². The average molecular weight is 483 g/mol. The first kappa shape index (κ1) is 24.2. The predicted molar refractivity (Wildman–Crippen MR) is 125 cm³/mol. The minimum absolute atomic E-state index is 0.112. The van der Waals surface area contributed by atoms with Crippen LogP contribution < -0.4 is 5.56 Å². The standard InChI is InChI=1S/C25H27FN4O5/c1-25(2,3)35-24(34)29-12-18(13-29)22-20(23(32)33)15-30(27-22)11-17-6-4-16(5-7-17)10-28-14-19(26)8-9-21(28)31/h4-9,14-15,18H,10-13H2,1-3H3,(H,32,33). The molecule has 1 aliphatic rings. The summed E-state index contributed by atoms with van der Waals surface area (Å²) in [5.41, 5.74) is 1.38. The van der Waals surface area contributed by atoms with Crippen LogP contribution in [0.1, 0.15) is 53.9 Å². The largest absolute Gasteiger partial charge is 0.478 e. The van der Waals surface area contributed by atoms with Crippen LogP contribution in [0.5, 0.6) is 0 Å². The first-order valence-corrected chi connectivity index (χ1v) is 11.2. The van der Waals surface area contributed by atoms with Crippen molar-refractivity contribution in [3.8, 4) is 0 Å². The molecule has 0 aliphatic carbocycles. The Morgan fingerprint density at radius 3 is 2.29 bits per heavy atom. The highest BCUT2D eigenvalue weighted by atomic mass is 19.1. The van der Waals surface area contributed by atoms with Gasteiger partial charge in [0.15, 0.2) is 0 Å². The number of likely N-dealkylation sites (tertiary alicyclic amines) is 1. The summed E-state index contributed by atoms with van der Waals surface area (Å²) in [5, 5.41) is 14.1. The Balaban J connectivity index is 1.43. The van der Waals surface area contributed by atoms with E-state index in [0.29, 0.717) is 25.3 Å². The maximum Gasteiger partial charge on any atom is 0.410 e. The second-order valence-corrected chi connectivity index (χ2v) is 9.64. The van der Waals surface area contributed by atoms with Crippen LogP contribution in [0.3, 0.4) is 0 Å². The topological polar surface area (TPSA) is 107 Å². The number of carboxylic acids is 1. The Bertz CT molecular complexity index is 1300. The Hall–Kier alpha value is -3.95. The Morgan fingerprint density at radius 2 is 1.69 bits per heavy atom. The smallest absolute Gasteiger partial charge is 0.410 e. The fourth-order valence-electron chi connectivity index (χ4n) is 3.87. The molecule has 0 radical (unpaired) electrons. The normalized spacial score (nSPS) is 14.0. The molecule has 0 unspecified atom stereocenters. The monoisotopic (exact) mass is 482 g/mol. The number of rotatable bonds is 6. The second-order valence-electron chi connectivity index (χ2n) is 9.64. The van der Waals surface area contributed by atoms with Gasteiger partial charge in [0.25, 0.3) is 5.56 Å². The minimum Gasteiger partial charge on any atom is -0.478 e. The first-order valence-electron chi connectivity index (χ1n) is 11.2. The molecule has 0 atom stereocenters. The molecule has 0 spiro atoms. The fraction of sp³-hybridized carbons (Fsp3) is 0.360. The van der Waals surface area contributed by atoms with Gasteiger partial charge in [-0.25, -0.2) is 14.0 Å². The first-order chi connectivity index (χ1) is 16.5. The number of aromatic nitrogens is 3. The lowest BCUT2D eigenvalue weighted by Gasteiger charge is -2.39. The fourth-order valence-corrected chi connectivity index (χ4v) is 3.87. The highest BCUT2D eigenvalue weighted by Gasteiger charge is 2.38. The van der Waals surface area contributed by atoms with E-state index in [2.05, 4.69) is 5.10 Å². The summed E-state index contributed by atoms with van der Waals surface area (Å²) in [6.07, 6.45) is 2.23. The quantitative estimate of drug-likeness (QED) is 0.578. The average Bonchev–Trinajstić information content (AvgIpc) is 3.13. The van der Waals surface area contributed by atoms with E-state index in [0.717, 1.165) is 17.2 Å². The molecule has 35 heavy (non-hydrogen) atoms.